The fourth-order valence-corrected chi connectivity index (χ4v) is 13.6. The Kier molecular flexibility index (Phi) is 7.85. The molecule has 1 saturated heterocycles. The van der Waals surface area contributed by atoms with Gasteiger partial charge in [-0.25, -0.2) is 22.0 Å². The third kappa shape index (κ3) is 5.30. The lowest BCUT2D eigenvalue weighted by molar-refractivity contribution is 0.314. The minimum Gasteiger partial charge on any atom is -0.248 e. The molecule has 2 fully saturated rings. The van der Waals surface area contributed by atoms with Crippen LogP contribution in [0.3, 0.4) is 0 Å². The Bertz CT molecular complexity index is 1330. The zero-order valence-electron chi connectivity index (χ0n) is 21.4. The number of benzene rings is 4. The van der Waals surface area contributed by atoms with Crippen LogP contribution in [0.15, 0.2) is 97.1 Å². The Balaban J connectivity index is 1.59. The van der Waals surface area contributed by atoms with Gasteiger partial charge in [0.2, 0.25) is 0 Å². The summed E-state index contributed by atoms with van der Waals surface area (Å²) in [6, 6.07) is 27.6. The first-order valence-electron chi connectivity index (χ1n) is 13.4. The van der Waals surface area contributed by atoms with Crippen molar-refractivity contribution in [1.82, 2.24) is 4.44 Å². The van der Waals surface area contributed by atoms with Crippen molar-refractivity contribution in [1.29, 1.82) is 0 Å². The van der Waals surface area contributed by atoms with E-state index in [1.807, 2.05) is 36.4 Å². The van der Waals surface area contributed by atoms with E-state index in [1.54, 1.807) is 0 Å². The van der Waals surface area contributed by atoms with E-state index in [1.165, 1.54) is 23.3 Å². The van der Waals surface area contributed by atoms with Gasteiger partial charge in [0.25, 0.3) is 0 Å². The first-order chi connectivity index (χ1) is 19.0. The molecular weight excluding hydrogens is 536 g/mol. The summed E-state index contributed by atoms with van der Waals surface area (Å²) >= 11 is 0. The van der Waals surface area contributed by atoms with Crippen molar-refractivity contribution < 1.29 is 17.6 Å². The first kappa shape index (κ1) is 26.6. The molecule has 0 spiro atoms. The summed E-state index contributed by atoms with van der Waals surface area (Å²) in [6.45, 7) is 0. The second kappa shape index (κ2) is 11.5. The lowest BCUT2D eigenvalue weighted by atomic mass is 9.94. The number of hydrogen-bond acceptors (Lipinski definition) is 1. The van der Waals surface area contributed by atoms with Crippen LogP contribution in [0.1, 0.15) is 54.5 Å². The lowest BCUT2D eigenvalue weighted by Gasteiger charge is -2.49. The molecule has 1 aliphatic carbocycles. The molecule has 4 aromatic carbocycles. The number of nitrogens with zero attached hydrogens (tertiary/aromatic N) is 1. The summed E-state index contributed by atoms with van der Waals surface area (Å²) in [5.74, 6) is -2.33. The Hall–Kier alpha value is -2.58. The highest BCUT2D eigenvalue weighted by Gasteiger charge is 2.48. The van der Waals surface area contributed by atoms with Gasteiger partial charge in [0.1, 0.15) is 23.3 Å². The number of halogens is 4. The monoisotopic (exact) mass is 565 g/mol. The van der Waals surface area contributed by atoms with Crippen LogP contribution >= 0.6 is 16.1 Å². The maximum Gasteiger partial charge on any atom is 0.132 e. The second-order valence-electron chi connectivity index (χ2n) is 10.2. The molecule has 0 bridgehead atoms. The molecule has 1 saturated carbocycles. The molecule has 39 heavy (non-hydrogen) atoms. The molecule has 1 nitrogen and oxygen atoms in total. The molecule has 4 aromatic rings. The van der Waals surface area contributed by atoms with Crippen molar-refractivity contribution in [2.75, 3.05) is 0 Å². The molecule has 0 unspecified atom stereocenters. The summed E-state index contributed by atoms with van der Waals surface area (Å²) in [5, 5.41) is 0.240. The van der Waals surface area contributed by atoms with Crippen molar-refractivity contribution in [2.45, 2.75) is 49.5 Å². The van der Waals surface area contributed by atoms with E-state index in [4.69, 9.17) is 0 Å². The van der Waals surface area contributed by atoms with Gasteiger partial charge in [0.15, 0.2) is 0 Å². The SMILES string of the molecule is Fc1ccc(F)c(P(c2cc(F)ccc2F)N(C2CCC2)P2[C@H](c3ccccc3)CC[C@H]2c2ccccc2)c1. The molecule has 1 aliphatic heterocycles. The van der Waals surface area contributed by atoms with E-state index in [0.717, 1.165) is 56.4 Å². The van der Waals surface area contributed by atoms with Crippen LogP contribution in [0, 0.1) is 23.3 Å². The second-order valence-corrected chi connectivity index (χ2v) is 15.0. The minimum absolute atomic E-state index is 0.0862. The third-order valence-electron chi connectivity index (χ3n) is 7.84. The van der Waals surface area contributed by atoms with Crippen LogP contribution in [0.5, 0.6) is 0 Å². The average Bonchev–Trinajstić information content (AvgIpc) is 3.37. The molecular formula is C32H29F4NP2. The Morgan fingerprint density at radius 2 is 1.05 bits per heavy atom. The summed E-state index contributed by atoms with van der Waals surface area (Å²) in [7, 11) is -2.92. The molecule has 2 atom stereocenters. The largest absolute Gasteiger partial charge is 0.248 e. The van der Waals surface area contributed by atoms with Crippen molar-refractivity contribution in [3.63, 3.8) is 0 Å². The first-order valence-corrected chi connectivity index (χ1v) is 16.1. The van der Waals surface area contributed by atoms with E-state index in [0.29, 0.717) is 0 Å². The van der Waals surface area contributed by atoms with Crippen molar-refractivity contribution in [2.24, 2.45) is 0 Å². The third-order valence-corrected chi connectivity index (χ3v) is 14.5. The maximum atomic E-state index is 15.6. The predicted molar refractivity (Wildman–Crippen MR) is 153 cm³/mol. The number of hydrogen-bond donors (Lipinski definition) is 0. The van der Waals surface area contributed by atoms with Gasteiger partial charge in [-0.05, 0) is 81.3 Å². The average molecular weight is 566 g/mol. The molecule has 200 valence electrons. The summed E-state index contributed by atoms with van der Waals surface area (Å²) in [4.78, 5) is 0. The summed E-state index contributed by atoms with van der Waals surface area (Å²) in [6.07, 6.45) is 4.71. The molecule has 0 amide bonds. The van der Waals surface area contributed by atoms with E-state index in [-0.39, 0.29) is 28.0 Å². The highest BCUT2D eigenvalue weighted by Crippen LogP contribution is 2.77. The van der Waals surface area contributed by atoms with E-state index >= 15 is 8.78 Å². The molecule has 0 N–H and O–H groups in total. The number of rotatable bonds is 7. The molecule has 2 aliphatic rings. The molecule has 1 heterocycles. The van der Waals surface area contributed by atoms with Gasteiger partial charge < -0.3 is 0 Å². The fourth-order valence-electron chi connectivity index (χ4n) is 5.79. The maximum absolute atomic E-state index is 15.6. The van der Waals surface area contributed by atoms with E-state index in [2.05, 4.69) is 28.7 Å². The lowest BCUT2D eigenvalue weighted by Crippen LogP contribution is -2.40. The Labute approximate surface area is 229 Å². The van der Waals surface area contributed by atoms with Crippen molar-refractivity contribution in [3.8, 4) is 0 Å². The van der Waals surface area contributed by atoms with Crippen molar-refractivity contribution in [3.05, 3.63) is 131 Å². The summed E-state index contributed by atoms with van der Waals surface area (Å²) in [5.41, 5.74) is 2.76. The molecule has 0 aromatic heterocycles. The van der Waals surface area contributed by atoms with Crippen LogP contribution in [0.2, 0.25) is 0 Å². The Morgan fingerprint density at radius 3 is 1.46 bits per heavy atom. The van der Waals surface area contributed by atoms with Crippen molar-refractivity contribution >= 4 is 26.8 Å². The topological polar surface area (TPSA) is 3.24 Å². The minimum atomic E-state index is -1.90. The van der Waals surface area contributed by atoms with Gasteiger partial charge in [-0.3, -0.25) is 0 Å². The van der Waals surface area contributed by atoms with Crippen LogP contribution in [-0.2, 0) is 0 Å². The van der Waals surface area contributed by atoms with Gasteiger partial charge in [-0.15, -0.1) is 0 Å². The van der Waals surface area contributed by atoms with Crippen LogP contribution in [0.25, 0.3) is 0 Å². The zero-order valence-corrected chi connectivity index (χ0v) is 23.1. The van der Waals surface area contributed by atoms with Gasteiger partial charge in [-0.2, -0.15) is 0 Å². The van der Waals surface area contributed by atoms with E-state index in [9.17, 15) is 8.78 Å². The van der Waals surface area contributed by atoms with Crippen LogP contribution in [0.4, 0.5) is 17.6 Å². The zero-order chi connectivity index (χ0) is 26.9. The molecule has 6 rings (SSSR count). The fraction of sp³-hybridized carbons (Fsp3) is 0.250. The smallest absolute Gasteiger partial charge is 0.132 e. The standard InChI is InChI=1S/C32H29F4NP2/c33-24-14-16-27(35)31(20-24)39(32-21-25(34)15-17-28(32)36)37(26-12-7-13-26)38-29(22-8-3-1-4-9-22)18-19-30(38)23-10-5-2-6-11-23/h1-6,8-11,14-17,20-21,26,29-30H,7,12-13,18-19H2/t29-,30-/m0/s1. The van der Waals surface area contributed by atoms with Crippen LogP contribution in [-0.4, -0.2) is 10.5 Å². The quantitative estimate of drug-likeness (QED) is 0.160. The van der Waals surface area contributed by atoms with E-state index < -0.39 is 39.4 Å². The van der Waals surface area contributed by atoms with Gasteiger partial charge in [0, 0.05) is 36.0 Å². The molecule has 0 radical (unpaired) electrons. The Morgan fingerprint density at radius 1 is 0.590 bits per heavy atom. The highest BCUT2D eigenvalue weighted by molar-refractivity contribution is 7.79. The predicted octanol–water partition coefficient (Wildman–Crippen LogP) is 9.12. The van der Waals surface area contributed by atoms with Gasteiger partial charge in [-0.1, -0.05) is 67.1 Å². The highest BCUT2D eigenvalue weighted by atomic mass is 31.2. The molecule has 7 heteroatoms. The normalized spacial score (nSPS) is 20.1. The van der Waals surface area contributed by atoms with Crippen LogP contribution < -0.4 is 10.6 Å². The van der Waals surface area contributed by atoms with Gasteiger partial charge in [0.05, 0.1) is 0 Å². The van der Waals surface area contributed by atoms with Gasteiger partial charge >= 0.3 is 0 Å². The summed E-state index contributed by atoms with van der Waals surface area (Å²) < 4.78 is 63.0.